The lowest BCUT2D eigenvalue weighted by Crippen LogP contribution is -2.13. The van der Waals surface area contributed by atoms with Crippen molar-refractivity contribution in [3.63, 3.8) is 0 Å². The number of hydrogen-bond donors (Lipinski definition) is 1. The van der Waals surface area contributed by atoms with Gasteiger partial charge >= 0.3 is 0 Å². The summed E-state index contributed by atoms with van der Waals surface area (Å²) in [5.41, 5.74) is 7.87. The molecule has 106 valence electrons. The summed E-state index contributed by atoms with van der Waals surface area (Å²) in [6.07, 6.45) is 0.522. The van der Waals surface area contributed by atoms with Gasteiger partial charge in [-0.1, -0.05) is 33.6 Å². The summed E-state index contributed by atoms with van der Waals surface area (Å²) in [6.45, 7) is 0. The van der Waals surface area contributed by atoms with Gasteiger partial charge in [0.2, 0.25) is 0 Å². The lowest BCUT2D eigenvalue weighted by molar-refractivity contribution is 0.386. The molecule has 5 heteroatoms. The van der Waals surface area contributed by atoms with Crippen LogP contribution in [0.25, 0.3) is 0 Å². The predicted molar refractivity (Wildman–Crippen MR) is 82.7 cm³/mol. The average molecular weight is 359 g/mol. The monoisotopic (exact) mass is 357 g/mol. The van der Waals surface area contributed by atoms with Crippen molar-refractivity contribution >= 4 is 27.5 Å². The Hall–Kier alpha value is -1.10. The molecule has 0 radical (unpaired) electrons. The van der Waals surface area contributed by atoms with Gasteiger partial charge in [-0.15, -0.1) is 0 Å². The van der Waals surface area contributed by atoms with Gasteiger partial charge in [0.25, 0.3) is 0 Å². The van der Waals surface area contributed by atoms with Crippen LogP contribution in [0.5, 0.6) is 5.75 Å². The second kappa shape index (κ2) is 6.57. The Kier molecular flexibility index (Phi) is 5.02. The number of nitrogens with two attached hydrogens (primary N) is 1. The second-order valence-electron chi connectivity index (χ2n) is 4.48. The minimum Gasteiger partial charge on any atom is -0.494 e. The van der Waals surface area contributed by atoms with Crippen LogP contribution in [0.4, 0.5) is 4.39 Å². The zero-order chi connectivity index (χ0) is 14.7. The molecule has 0 saturated carbocycles. The van der Waals surface area contributed by atoms with E-state index >= 15 is 0 Å². The smallest absolute Gasteiger partial charge is 0.165 e. The van der Waals surface area contributed by atoms with E-state index in [-0.39, 0.29) is 17.6 Å². The number of ether oxygens (including phenoxy) is 1. The van der Waals surface area contributed by atoms with E-state index in [1.54, 1.807) is 18.2 Å². The Morgan fingerprint density at radius 2 is 2.05 bits per heavy atom. The van der Waals surface area contributed by atoms with Crippen molar-refractivity contribution in [1.82, 2.24) is 0 Å². The van der Waals surface area contributed by atoms with Crippen molar-refractivity contribution in [3.05, 3.63) is 62.8 Å². The van der Waals surface area contributed by atoms with E-state index in [4.69, 9.17) is 22.1 Å². The zero-order valence-electron chi connectivity index (χ0n) is 10.9. The average Bonchev–Trinajstić information content (AvgIpc) is 2.37. The molecule has 2 aromatic rings. The van der Waals surface area contributed by atoms with Gasteiger partial charge in [-0.2, -0.15) is 0 Å². The van der Waals surface area contributed by atoms with Crippen LogP contribution < -0.4 is 10.5 Å². The molecule has 0 fully saturated rings. The van der Waals surface area contributed by atoms with Gasteiger partial charge in [-0.3, -0.25) is 0 Å². The SMILES string of the molecule is COc1ccc(CC(N)c2cc(Cl)cc(Br)c2)cc1F. The number of benzene rings is 2. The molecule has 20 heavy (non-hydrogen) atoms. The molecule has 2 nitrogen and oxygen atoms in total. The standard InChI is InChI=1S/C15H14BrClFNO/c1-20-15-3-2-9(4-13(15)18)5-14(19)10-6-11(16)8-12(17)7-10/h2-4,6-8,14H,5,19H2,1H3. The largest absolute Gasteiger partial charge is 0.494 e. The van der Waals surface area contributed by atoms with Crippen LogP contribution in [0.1, 0.15) is 17.2 Å². The summed E-state index contributed by atoms with van der Waals surface area (Å²) in [5.74, 6) is -0.155. The lowest BCUT2D eigenvalue weighted by atomic mass is 9.99. The molecule has 0 saturated heterocycles. The van der Waals surface area contributed by atoms with Gasteiger partial charge in [0.05, 0.1) is 7.11 Å². The van der Waals surface area contributed by atoms with Crippen molar-refractivity contribution in [2.45, 2.75) is 12.5 Å². The maximum Gasteiger partial charge on any atom is 0.165 e. The molecule has 0 heterocycles. The maximum absolute atomic E-state index is 13.6. The number of halogens is 3. The van der Waals surface area contributed by atoms with Crippen LogP contribution in [-0.4, -0.2) is 7.11 Å². The third-order valence-electron chi connectivity index (χ3n) is 2.98. The Morgan fingerprint density at radius 3 is 2.65 bits per heavy atom. The molecular formula is C15H14BrClFNO. The summed E-state index contributed by atoms with van der Waals surface area (Å²) in [4.78, 5) is 0. The normalized spacial score (nSPS) is 12.2. The van der Waals surface area contributed by atoms with Gasteiger partial charge < -0.3 is 10.5 Å². The van der Waals surface area contributed by atoms with E-state index in [2.05, 4.69) is 15.9 Å². The van der Waals surface area contributed by atoms with Crippen LogP contribution in [0, 0.1) is 5.82 Å². The number of hydrogen-bond acceptors (Lipinski definition) is 2. The molecule has 1 atom stereocenters. The molecule has 0 aromatic heterocycles. The Balaban J connectivity index is 2.18. The van der Waals surface area contributed by atoms with E-state index in [9.17, 15) is 4.39 Å². The topological polar surface area (TPSA) is 35.2 Å². The van der Waals surface area contributed by atoms with Crippen molar-refractivity contribution in [2.75, 3.05) is 7.11 Å². The first-order chi connectivity index (χ1) is 9.49. The van der Waals surface area contributed by atoms with E-state index in [0.717, 1.165) is 15.6 Å². The summed E-state index contributed by atoms with van der Waals surface area (Å²) in [6, 6.07) is 10.1. The molecule has 0 aliphatic carbocycles. The first-order valence-electron chi connectivity index (χ1n) is 6.03. The van der Waals surface area contributed by atoms with Crippen LogP contribution in [0.3, 0.4) is 0 Å². The highest BCUT2D eigenvalue weighted by Gasteiger charge is 2.11. The molecule has 0 aliphatic rings. The molecule has 2 rings (SSSR count). The highest BCUT2D eigenvalue weighted by atomic mass is 79.9. The zero-order valence-corrected chi connectivity index (χ0v) is 13.2. The number of rotatable bonds is 4. The minimum absolute atomic E-state index is 0.229. The van der Waals surface area contributed by atoms with Crippen LogP contribution >= 0.6 is 27.5 Å². The molecule has 0 spiro atoms. The van der Waals surface area contributed by atoms with Crippen LogP contribution in [0.2, 0.25) is 5.02 Å². The second-order valence-corrected chi connectivity index (χ2v) is 5.83. The first kappa shape index (κ1) is 15.3. The number of methoxy groups -OCH3 is 1. The molecule has 2 aromatic carbocycles. The van der Waals surface area contributed by atoms with Gasteiger partial charge in [-0.05, 0) is 47.9 Å². The first-order valence-corrected chi connectivity index (χ1v) is 7.20. The van der Waals surface area contributed by atoms with Gasteiger partial charge in [0.15, 0.2) is 11.6 Å². The molecule has 2 N–H and O–H groups in total. The van der Waals surface area contributed by atoms with Crippen molar-refractivity contribution < 1.29 is 9.13 Å². The summed E-state index contributed by atoms with van der Waals surface area (Å²) in [7, 11) is 1.44. The molecule has 0 bridgehead atoms. The van der Waals surface area contributed by atoms with Crippen molar-refractivity contribution in [1.29, 1.82) is 0 Å². The fourth-order valence-corrected chi connectivity index (χ4v) is 2.88. The van der Waals surface area contributed by atoms with Gasteiger partial charge in [0, 0.05) is 15.5 Å². The summed E-state index contributed by atoms with van der Waals surface area (Å²) in [5, 5.41) is 0.616. The van der Waals surface area contributed by atoms with Crippen LogP contribution in [0.15, 0.2) is 40.9 Å². The van der Waals surface area contributed by atoms with E-state index in [1.807, 2.05) is 12.1 Å². The highest BCUT2D eigenvalue weighted by molar-refractivity contribution is 9.10. The predicted octanol–water partition coefficient (Wildman–Crippen LogP) is 4.49. The third-order valence-corrected chi connectivity index (χ3v) is 3.66. The summed E-state index contributed by atoms with van der Waals surface area (Å²) < 4.78 is 19.4. The third kappa shape index (κ3) is 3.72. The molecular weight excluding hydrogens is 345 g/mol. The van der Waals surface area contributed by atoms with Crippen LogP contribution in [-0.2, 0) is 6.42 Å². The highest BCUT2D eigenvalue weighted by Crippen LogP contribution is 2.26. The van der Waals surface area contributed by atoms with Gasteiger partial charge in [0.1, 0.15) is 0 Å². The fourth-order valence-electron chi connectivity index (χ4n) is 2.00. The summed E-state index contributed by atoms with van der Waals surface area (Å²) >= 11 is 9.38. The molecule has 0 amide bonds. The Labute approximate surface area is 130 Å². The van der Waals surface area contributed by atoms with E-state index in [0.29, 0.717) is 11.4 Å². The van der Waals surface area contributed by atoms with Gasteiger partial charge in [-0.25, -0.2) is 4.39 Å². The Bertz CT molecular complexity index is 601. The fraction of sp³-hybridized carbons (Fsp3) is 0.200. The quantitative estimate of drug-likeness (QED) is 0.874. The van der Waals surface area contributed by atoms with Crippen molar-refractivity contribution in [2.24, 2.45) is 5.73 Å². The molecule has 1 unspecified atom stereocenters. The van der Waals surface area contributed by atoms with Crippen molar-refractivity contribution in [3.8, 4) is 5.75 Å². The maximum atomic E-state index is 13.6. The lowest BCUT2D eigenvalue weighted by Gasteiger charge is -2.14. The molecule has 0 aliphatic heterocycles. The Morgan fingerprint density at radius 1 is 1.30 bits per heavy atom. The van der Waals surface area contributed by atoms with E-state index < -0.39 is 0 Å². The van der Waals surface area contributed by atoms with E-state index in [1.165, 1.54) is 13.2 Å². The minimum atomic E-state index is -0.385.